The van der Waals surface area contributed by atoms with Gasteiger partial charge in [-0.15, -0.1) is 0 Å². The molecule has 1 fully saturated rings. The van der Waals surface area contributed by atoms with Crippen molar-refractivity contribution < 1.29 is 9.59 Å². The standard InChI is InChI=1S/C14H17N3O2/c15-10-3-4-11-12(9-10)14(19)17(13(11)18)8-7-16-5-1-2-6-16/h3-4,9H,1-2,5-8,15H2. The van der Waals surface area contributed by atoms with Crippen molar-refractivity contribution in [1.29, 1.82) is 0 Å². The Hall–Kier alpha value is -1.88. The molecule has 2 amide bonds. The van der Waals surface area contributed by atoms with Crippen LogP contribution < -0.4 is 5.73 Å². The summed E-state index contributed by atoms with van der Waals surface area (Å²) in [5.41, 5.74) is 7.09. The Morgan fingerprint density at radius 1 is 1.00 bits per heavy atom. The van der Waals surface area contributed by atoms with E-state index in [1.165, 1.54) is 17.7 Å². The molecule has 2 aliphatic heterocycles. The van der Waals surface area contributed by atoms with Crippen molar-refractivity contribution >= 4 is 17.5 Å². The highest BCUT2D eigenvalue weighted by Crippen LogP contribution is 2.24. The van der Waals surface area contributed by atoms with Crippen LogP contribution in [0.5, 0.6) is 0 Å². The van der Waals surface area contributed by atoms with E-state index in [-0.39, 0.29) is 11.8 Å². The Balaban J connectivity index is 1.74. The molecule has 2 aliphatic rings. The number of nitrogens with zero attached hydrogens (tertiary/aromatic N) is 2. The van der Waals surface area contributed by atoms with Gasteiger partial charge in [0.25, 0.3) is 11.8 Å². The molecule has 1 saturated heterocycles. The first-order valence-corrected chi connectivity index (χ1v) is 6.65. The molecule has 5 nitrogen and oxygen atoms in total. The summed E-state index contributed by atoms with van der Waals surface area (Å²) in [5, 5.41) is 0. The molecule has 0 aliphatic carbocycles. The highest BCUT2D eigenvalue weighted by Gasteiger charge is 2.35. The predicted octanol–water partition coefficient (Wildman–Crippen LogP) is 0.961. The molecule has 1 aromatic rings. The van der Waals surface area contributed by atoms with Crippen LogP contribution in [0.15, 0.2) is 18.2 Å². The van der Waals surface area contributed by atoms with Gasteiger partial charge in [0.1, 0.15) is 0 Å². The second-order valence-electron chi connectivity index (χ2n) is 5.12. The molecule has 3 rings (SSSR count). The maximum Gasteiger partial charge on any atom is 0.261 e. The first-order valence-electron chi connectivity index (χ1n) is 6.65. The Kier molecular flexibility index (Phi) is 2.98. The third kappa shape index (κ3) is 2.10. The summed E-state index contributed by atoms with van der Waals surface area (Å²) >= 11 is 0. The van der Waals surface area contributed by atoms with Gasteiger partial charge < -0.3 is 10.6 Å². The van der Waals surface area contributed by atoms with Crippen LogP contribution in [0.4, 0.5) is 5.69 Å². The summed E-state index contributed by atoms with van der Waals surface area (Å²) in [6, 6.07) is 4.89. The van der Waals surface area contributed by atoms with Gasteiger partial charge in [-0.25, -0.2) is 0 Å². The summed E-state index contributed by atoms with van der Waals surface area (Å²) in [5.74, 6) is -0.411. The number of amides is 2. The third-order valence-corrected chi connectivity index (χ3v) is 3.83. The molecule has 0 radical (unpaired) electrons. The lowest BCUT2D eigenvalue weighted by atomic mass is 10.1. The first kappa shape index (κ1) is 12.2. The normalized spacial score (nSPS) is 19.3. The monoisotopic (exact) mass is 259 g/mol. The minimum Gasteiger partial charge on any atom is -0.399 e. The van der Waals surface area contributed by atoms with Gasteiger partial charge in [-0.05, 0) is 44.1 Å². The molecule has 0 unspecified atom stereocenters. The Bertz CT molecular complexity index is 535. The van der Waals surface area contributed by atoms with E-state index in [9.17, 15) is 9.59 Å². The topological polar surface area (TPSA) is 66.6 Å². The van der Waals surface area contributed by atoms with E-state index in [2.05, 4.69) is 4.90 Å². The Labute approximate surface area is 112 Å². The van der Waals surface area contributed by atoms with Crippen molar-refractivity contribution in [1.82, 2.24) is 9.80 Å². The van der Waals surface area contributed by atoms with Crippen LogP contribution in [-0.2, 0) is 0 Å². The first-order chi connectivity index (χ1) is 9.16. The molecule has 19 heavy (non-hydrogen) atoms. The van der Waals surface area contributed by atoms with Gasteiger partial charge >= 0.3 is 0 Å². The average molecular weight is 259 g/mol. The zero-order valence-electron chi connectivity index (χ0n) is 10.8. The van der Waals surface area contributed by atoms with Gasteiger partial charge in [-0.3, -0.25) is 14.5 Å². The molecule has 2 heterocycles. The van der Waals surface area contributed by atoms with Gasteiger partial charge in [0.2, 0.25) is 0 Å². The third-order valence-electron chi connectivity index (χ3n) is 3.83. The minimum absolute atomic E-state index is 0.195. The number of anilines is 1. The van der Waals surface area contributed by atoms with E-state index < -0.39 is 0 Å². The molecule has 1 aromatic carbocycles. The molecular weight excluding hydrogens is 242 g/mol. The summed E-state index contributed by atoms with van der Waals surface area (Å²) in [7, 11) is 0. The SMILES string of the molecule is Nc1ccc2c(c1)C(=O)N(CCN1CCCC1)C2=O. The Morgan fingerprint density at radius 3 is 2.42 bits per heavy atom. The number of hydrogen-bond donors (Lipinski definition) is 1. The van der Waals surface area contributed by atoms with Crippen LogP contribution in [0.2, 0.25) is 0 Å². The van der Waals surface area contributed by atoms with Gasteiger partial charge in [0.15, 0.2) is 0 Å². The number of likely N-dealkylation sites (tertiary alicyclic amines) is 1. The van der Waals surface area contributed by atoms with Crippen LogP contribution >= 0.6 is 0 Å². The van der Waals surface area contributed by atoms with E-state index in [1.54, 1.807) is 18.2 Å². The lowest BCUT2D eigenvalue weighted by molar-refractivity contribution is 0.0641. The quantitative estimate of drug-likeness (QED) is 0.648. The Morgan fingerprint density at radius 2 is 1.68 bits per heavy atom. The molecule has 100 valence electrons. The van der Waals surface area contributed by atoms with E-state index in [1.807, 2.05) is 0 Å². The highest BCUT2D eigenvalue weighted by atomic mass is 16.2. The summed E-state index contributed by atoms with van der Waals surface area (Å²) < 4.78 is 0. The van der Waals surface area contributed by atoms with Crippen LogP contribution in [0.3, 0.4) is 0 Å². The molecule has 5 heteroatoms. The van der Waals surface area contributed by atoms with Crippen LogP contribution in [0.1, 0.15) is 33.6 Å². The molecule has 0 atom stereocenters. The number of hydrogen-bond acceptors (Lipinski definition) is 4. The van der Waals surface area contributed by atoms with E-state index >= 15 is 0 Å². The highest BCUT2D eigenvalue weighted by molar-refractivity contribution is 6.21. The van der Waals surface area contributed by atoms with Crippen molar-refractivity contribution in [3.63, 3.8) is 0 Å². The maximum atomic E-state index is 12.2. The zero-order valence-corrected chi connectivity index (χ0v) is 10.8. The summed E-state index contributed by atoms with van der Waals surface area (Å²) in [4.78, 5) is 28.0. The van der Waals surface area contributed by atoms with E-state index in [4.69, 9.17) is 5.73 Å². The molecule has 0 saturated carbocycles. The van der Waals surface area contributed by atoms with Crippen molar-refractivity contribution in [2.24, 2.45) is 0 Å². The fourth-order valence-corrected chi connectivity index (χ4v) is 2.76. The van der Waals surface area contributed by atoms with Crippen molar-refractivity contribution in [2.45, 2.75) is 12.8 Å². The number of carbonyl (C=O) groups is 2. The van der Waals surface area contributed by atoms with Gasteiger partial charge in [-0.2, -0.15) is 0 Å². The molecule has 2 N–H and O–H groups in total. The largest absolute Gasteiger partial charge is 0.399 e. The van der Waals surface area contributed by atoms with Crippen LogP contribution in [0.25, 0.3) is 0 Å². The predicted molar refractivity (Wildman–Crippen MR) is 71.9 cm³/mol. The van der Waals surface area contributed by atoms with Crippen LogP contribution in [-0.4, -0.2) is 47.8 Å². The fourth-order valence-electron chi connectivity index (χ4n) is 2.76. The summed E-state index contributed by atoms with van der Waals surface area (Å²) in [6.45, 7) is 3.36. The number of fused-ring (bicyclic) bond motifs is 1. The lowest BCUT2D eigenvalue weighted by Gasteiger charge is -2.19. The van der Waals surface area contributed by atoms with Crippen molar-refractivity contribution in [2.75, 3.05) is 31.9 Å². The molecule has 0 aromatic heterocycles. The van der Waals surface area contributed by atoms with E-state index in [0.717, 1.165) is 19.6 Å². The van der Waals surface area contributed by atoms with Crippen molar-refractivity contribution in [3.8, 4) is 0 Å². The zero-order chi connectivity index (χ0) is 13.4. The number of benzene rings is 1. The number of imide groups is 1. The van der Waals surface area contributed by atoms with Crippen LogP contribution in [0, 0.1) is 0 Å². The number of nitrogen functional groups attached to an aromatic ring is 1. The minimum atomic E-state index is -0.216. The number of nitrogens with two attached hydrogens (primary N) is 1. The van der Waals surface area contributed by atoms with E-state index in [0.29, 0.717) is 23.4 Å². The lowest BCUT2D eigenvalue weighted by Crippen LogP contribution is -2.37. The molecule has 0 spiro atoms. The number of carbonyl (C=O) groups excluding carboxylic acids is 2. The smallest absolute Gasteiger partial charge is 0.261 e. The molecule has 0 bridgehead atoms. The van der Waals surface area contributed by atoms with Gasteiger partial charge in [-0.1, -0.05) is 0 Å². The van der Waals surface area contributed by atoms with Crippen molar-refractivity contribution in [3.05, 3.63) is 29.3 Å². The fraction of sp³-hybridized carbons (Fsp3) is 0.429. The second kappa shape index (κ2) is 4.66. The molecular formula is C14H17N3O2. The van der Waals surface area contributed by atoms with Gasteiger partial charge in [0, 0.05) is 18.8 Å². The number of rotatable bonds is 3. The average Bonchev–Trinajstić information content (AvgIpc) is 2.98. The summed E-state index contributed by atoms with van der Waals surface area (Å²) in [6.07, 6.45) is 2.41. The second-order valence-corrected chi connectivity index (χ2v) is 5.12. The maximum absolute atomic E-state index is 12.2. The van der Waals surface area contributed by atoms with Gasteiger partial charge in [0.05, 0.1) is 11.1 Å².